The summed E-state index contributed by atoms with van der Waals surface area (Å²) >= 11 is 0. The molecule has 22 heavy (non-hydrogen) atoms. The van der Waals surface area contributed by atoms with E-state index in [1.54, 1.807) is 7.05 Å². The molecule has 2 aromatic rings. The van der Waals surface area contributed by atoms with Gasteiger partial charge in [-0.15, -0.1) is 0 Å². The lowest BCUT2D eigenvalue weighted by molar-refractivity contribution is -0.180. The molecule has 114 valence electrons. The van der Waals surface area contributed by atoms with E-state index in [2.05, 4.69) is 4.98 Å². The van der Waals surface area contributed by atoms with Crippen LogP contribution in [0.3, 0.4) is 0 Å². The first kappa shape index (κ1) is 13.5. The van der Waals surface area contributed by atoms with E-state index in [4.69, 9.17) is 0 Å². The van der Waals surface area contributed by atoms with Gasteiger partial charge in [-0.25, -0.2) is 4.79 Å². The maximum Gasteiger partial charge on any atom is 0.344 e. The Labute approximate surface area is 126 Å². The van der Waals surface area contributed by atoms with Crippen molar-refractivity contribution in [3.8, 4) is 0 Å². The molecule has 0 bridgehead atoms. The van der Waals surface area contributed by atoms with Crippen LogP contribution in [0.5, 0.6) is 0 Å². The Kier molecular flexibility index (Phi) is 2.57. The van der Waals surface area contributed by atoms with Crippen LogP contribution in [0.1, 0.15) is 11.1 Å². The molecular formula is C16H16N2O4. The van der Waals surface area contributed by atoms with Gasteiger partial charge < -0.3 is 20.3 Å². The number of hydrogen-bond acceptors (Lipinski definition) is 4. The minimum atomic E-state index is -2.31. The second-order valence-electron chi connectivity index (χ2n) is 6.03. The lowest BCUT2D eigenvalue weighted by atomic mass is 9.78. The third kappa shape index (κ3) is 1.51. The van der Waals surface area contributed by atoms with Gasteiger partial charge in [0.1, 0.15) is 0 Å². The second kappa shape index (κ2) is 4.19. The van der Waals surface area contributed by atoms with Crippen LogP contribution in [-0.4, -0.2) is 56.1 Å². The van der Waals surface area contributed by atoms with Gasteiger partial charge in [0.25, 0.3) is 0 Å². The number of aliphatic carboxylic acids is 1. The Hall–Kier alpha value is -2.15. The normalized spacial score (nSPS) is 31.0. The van der Waals surface area contributed by atoms with E-state index in [1.165, 1.54) is 11.0 Å². The molecule has 0 spiro atoms. The number of nitrogens with zero attached hydrogens (tertiary/aromatic N) is 1. The average Bonchev–Trinajstić information content (AvgIpc) is 2.91. The number of H-pyrrole nitrogens is 1. The summed E-state index contributed by atoms with van der Waals surface area (Å²) in [6, 6.07) is 5.62. The number of likely N-dealkylation sites (N-methyl/N-ethyl adjacent to an activating group) is 1. The van der Waals surface area contributed by atoms with E-state index in [0.29, 0.717) is 6.42 Å². The van der Waals surface area contributed by atoms with E-state index < -0.39 is 17.8 Å². The fraction of sp³-hybridized carbons (Fsp3) is 0.312. The summed E-state index contributed by atoms with van der Waals surface area (Å²) in [6.45, 7) is 0. The SMILES string of the molecule is CN1C(O)[C@](O)(C(=O)O)C=C2c3cccc4[nH]cc(c34)C[C@H]21. The quantitative estimate of drug-likeness (QED) is 0.617. The number of benzene rings is 1. The van der Waals surface area contributed by atoms with Gasteiger partial charge in [-0.2, -0.15) is 0 Å². The maximum atomic E-state index is 11.5. The first-order chi connectivity index (χ1) is 10.4. The third-order valence-corrected chi connectivity index (χ3v) is 4.86. The molecule has 1 aromatic heterocycles. The number of carboxylic acid groups (broad SMARTS) is 1. The van der Waals surface area contributed by atoms with Gasteiger partial charge in [-0.05, 0) is 42.3 Å². The van der Waals surface area contributed by atoms with Crippen molar-refractivity contribution in [2.24, 2.45) is 0 Å². The van der Waals surface area contributed by atoms with E-state index in [0.717, 1.165) is 27.6 Å². The Morgan fingerprint density at radius 1 is 1.45 bits per heavy atom. The number of fused-ring (bicyclic) bond motifs is 2. The van der Waals surface area contributed by atoms with Crippen molar-refractivity contribution in [2.45, 2.75) is 24.3 Å². The summed E-state index contributed by atoms with van der Waals surface area (Å²) in [7, 11) is 1.63. The molecule has 6 heteroatoms. The second-order valence-corrected chi connectivity index (χ2v) is 6.03. The van der Waals surface area contributed by atoms with Crippen LogP contribution in [0.25, 0.3) is 16.5 Å². The fourth-order valence-electron chi connectivity index (χ4n) is 3.66. The Bertz CT molecular complexity index is 825. The lowest BCUT2D eigenvalue weighted by Gasteiger charge is -2.45. The van der Waals surface area contributed by atoms with Crippen LogP contribution < -0.4 is 0 Å². The molecule has 0 radical (unpaired) electrons. The number of aliphatic hydroxyl groups is 2. The van der Waals surface area contributed by atoms with Crippen LogP contribution in [0.4, 0.5) is 0 Å². The molecule has 3 atom stereocenters. The Morgan fingerprint density at radius 3 is 2.95 bits per heavy atom. The molecule has 4 N–H and O–H groups in total. The van der Waals surface area contributed by atoms with Crippen molar-refractivity contribution in [3.05, 3.63) is 41.6 Å². The molecular weight excluding hydrogens is 284 g/mol. The Balaban J connectivity index is 2.01. The molecule has 0 fully saturated rings. The average molecular weight is 300 g/mol. The highest BCUT2D eigenvalue weighted by Crippen LogP contribution is 2.42. The van der Waals surface area contributed by atoms with Gasteiger partial charge in [-0.1, -0.05) is 12.1 Å². The number of aliphatic hydroxyl groups excluding tert-OH is 1. The fourth-order valence-corrected chi connectivity index (χ4v) is 3.66. The zero-order valence-electron chi connectivity index (χ0n) is 11.9. The van der Waals surface area contributed by atoms with Gasteiger partial charge >= 0.3 is 5.97 Å². The van der Waals surface area contributed by atoms with E-state index >= 15 is 0 Å². The molecule has 1 aliphatic carbocycles. The minimum Gasteiger partial charge on any atom is -0.479 e. The summed E-state index contributed by atoms with van der Waals surface area (Å²) in [5, 5.41) is 31.0. The number of rotatable bonds is 1. The Morgan fingerprint density at radius 2 is 2.23 bits per heavy atom. The van der Waals surface area contributed by atoms with Gasteiger partial charge in [-0.3, -0.25) is 4.90 Å². The molecule has 1 aromatic carbocycles. The van der Waals surface area contributed by atoms with Crippen LogP contribution >= 0.6 is 0 Å². The molecule has 4 rings (SSSR count). The molecule has 0 saturated heterocycles. The summed E-state index contributed by atoms with van der Waals surface area (Å²) in [5.74, 6) is -1.45. The minimum absolute atomic E-state index is 0.163. The largest absolute Gasteiger partial charge is 0.479 e. The van der Waals surface area contributed by atoms with Crippen LogP contribution in [-0.2, 0) is 11.2 Å². The molecule has 0 amide bonds. The summed E-state index contributed by atoms with van der Waals surface area (Å²) in [6.07, 6.45) is 2.42. The summed E-state index contributed by atoms with van der Waals surface area (Å²) < 4.78 is 0. The predicted octanol–water partition coefficient (Wildman–Crippen LogP) is 0.555. The maximum absolute atomic E-state index is 11.5. The topological polar surface area (TPSA) is 96.8 Å². The number of aromatic nitrogens is 1. The smallest absolute Gasteiger partial charge is 0.344 e. The van der Waals surface area contributed by atoms with E-state index in [-0.39, 0.29) is 6.04 Å². The highest BCUT2D eigenvalue weighted by atomic mass is 16.4. The van der Waals surface area contributed by atoms with E-state index in [9.17, 15) is 20.1 Å². The monoisotopic (exact) mass is 300 g/mol. The number of carbonyl (C=O) groups is 1. The molecule has 2 heterocycles. The van der Waals surface area contributed by atoms with Gasteiger partial charge in [0.2, 0.25) is 5.60 Å². The molecule has 6 nitrogen and oxygen atoms in total. The number of nitrogens with one attached hydrogen (secondary N) is 1. The van der Waals surface area contributed by atoms with Crippen molar-refractivity contribution >= 4 is 22.4 Å². The molecule has 1 unspecified atom stereocenters. The van der Waals surface area contributed by atoms with Crippen molar-refractivity contribution in [1.82, 2.24) is 9.88 Å². The lowest BCUT2D eigenvalue weighted by Crippen LogP contribution is -2.61. The molecule has 1 aliphatic heterocycles. The van der Waals surface area contributed by atoms with Crippen LogP contribution in [0, 0.1) is 0 Å². The number of aromatic amines is 1. The van der Waals surface area contributed by atoms with Gasteiger partial charge in [0.15, 0.2) is 6.23 Å². The van der Waals surface area contributed by atoms with Crippen molar-refractivity contribution < 1.29 is 20.1 Å². The third-order valence-electron chi connectivity index (χ3n) is 4.86. The number of carboxylic acids is 1. The first-order valence-corrected chi connectivity index (χ1v) is 7.11. The van der Waals surface area contributed by atoms with Crippen LogP contribution in [0.2, 0.25) is 0 Å². The van der Waals surface area contributed by atoms with Crippen molar-refractivity contribution in [2.75, 3.05) is 7.05 Å². The van der Waals surface area contributed by atoms with Crippen molar-refractivity contribution in [1.29, 1.82) is 0 Å². The van der Waals surface area contributed by atoms with Crippen molar-refractivity contribution in [3.63, 3.8) is 0 Å². The van der Waals surface area contributed by atoms with Gasteiger partial charge in [0, 0.05) is 23.1 Å². The first-order valence-electron chi connectivity index (χ1n) is 7.11. The molecule has 0 saturated carbocycles. The number of hydrogen-bond donors (Lipinski definition) is 4. The summed E-state index contributed by atoms with van der Waals surface area (Å²) in [4.78, 5) is 16.2. The zero-order chi connectivity index (χ0) is 15.6. The highest BCUT2D eigenvalue weighted by molar-refractivity contribution is 5.99. The molecule has 2 aliphatic rings. The van der Waals surface area contributed by atoms with Gasteiger partial charge in [0.05, 0.1) is 0 Å². The zero-order valence-corrected chi connectivity index (χ0v) is 11.9. The van der Waals surface area contributed by atoms with E-state index in [1.807, 2.05) is 24.4 Å². The van der Waals surface area contributed by atoms with Crippen LogP contribution in [0.15, 0.2) is 30.5 Å². The summed E-state index contributed by atoms with van der Waals surface area (Å²) in [5.41, 5.74) is 1.46. The highest BCUT2D eigenvalue weighted by Gasteiger charge is 2.51. The standard InChI is InChI=1S/C16H16N2O4/c1-18-12-5-8-7-17-11-4-2-3-9(13(8)11)10(12)6-16(22,14(18)19)15(20)21/h2-4,6-7,12,14,17,19,22H,5H2,1H3,(H,20,21)/t12-,14?,16+/m1/s1. The predicted molar refractivity (Wildman–Crippen MR) is 80.1 cm³/mol.